The summed E-state index contributed by atoms with van der Waals surface area (Å²) in [7, 11) is 1.62. The summed E-state index contributed by atoms with van der Waals surface area (Å²) in [5, 5.41) is 4.11. The monoisotopic (exact) mass is 284 g/mol. The number of carbonyl (C=O) groups is 1. The highest BCUT2D eigenvalue weighted by Crippen LogP contribution is 2.11. The van der Waals surface area contributed by atoms with Crippen LogP contribution >= 0.6 is 0 Å². The molecule has 5 heteroatoms. The van der Waals surface area contributed by atoms with Crippen molar-refractivity contribution < 1.29 is 14.1 Å². The minimum atomic E-state index is -0.168. The zero-order chi connectivity index (χ0) is 15.1. The average molecular weight is 284 g/mol. The number of hydrazone groups is 1. The van der Waals surface area contributed by atoms with Gasteiger partial charge < -0.3 is 4.74 Å². The first-order valence-electron chi connectivity index (χ1n) is 6.60. The molecule has 0 bridgehead atoms. The molecule has 1 aromatic carbocycles. The van der Waals surface area contributed by atoms with Gasteiger partial charge in [0.1, 0.15) is 5.75 Å². The van der Waals surface area contributed by atoms with Gasteiger partial charge in [0.15, 0.2) is 12.4 Å². The Morgan fingerprint density at radius 1 is 1.19 bits per heavy atom. The molecule has 1 aromatic heterocycles. The molecule has 21 heavy (non-hydrogen) atoms. The topological polar surface area (TPSA) is 54.6 Å². The Kier molecular flexibility index (Phi) is 5.04. The maximum Gasteiger partial charge on any atom is 0.305 e. The number of pyridine rings is 1. The molecule has 0 atom stereocenters. The SMILES string of the molecule is COc1ccc(/C(C)=N\NC(=O)C[n+]2ccccc2)cc1. The van der Waals surface area contributed by atoms with Crippen molar-refractivity contribution in [3.05, 3.63) is 60.4 Å². The van der Waals surface area contributed by atoms with E-state index in [1.54, 1.807) is 11.7 Å². The van der Waals surface area contributed by atoms with Crippen molar-refractivity contribution in [2.24, 2.45) is 5.10 Å². The average Bonchev–Trinajstić information content (AvgIpc) is 2.53. The van der Waals surface area contributed by atoms with Gasteiger partial charge in [-0.3, -0.25) is 4.79 Å². The molecular weight excluding hydrogens is 266 g/mol. The summed E-state index contributed by atoms with van der Waals surface area (Å²) in [6.07, 6.45) is 3.67. The Balaban J connectivity index is 1.94. The van der Waals surface area contributed by atoms with Crippen molar-refractivity contribution in [1.82, 2.24) is 5.43 Å². The Hall–Kier alpha value is -2.69. The number of carbonyl (C=O) groups excluding carboxylic acids is 1. The second-order valence-electron chi connectivity index (χ2n) is 4.51. The van der Waals surface area contributed by atoms with Crippen molar-refractivity contribution in [2.45, 2.75) is 13.5 Å². The smallest absolute Gasteiger partial charge is 0.305 e. The summed E-state index contributed by atoms with van der Waals surface area (Å²) in [6.45, 7) is 2.08. The van der Waals surface area contributed by atoms with Crippen LogP contribution in [0.3, 0.4) is 0 Å². The molecule has 0 fully saturated rings. The third-order valence-corrected chi connectivity index (χ3v) is 2.96. The number of ether oxygens (including phenoxy) is 1. The lowest BCUT2D eigenvalue weighted by Gasteiger charge is -2.03. The summed E-state index contributed by atoms with van der Waals surface area (Å²) in [5.41, 5.74) is 4.23. The number of hydrogen-bond donors (Lipinski definition) is 1. The number of benzene rings is 1. The molecule has 0 spiro atoms. The van der Waals surface area contributed by atoms with Gasteiger partial charge in [0, 0.05) is 12.1 Å². The molecule has 0 saturated carbocycles. The molecule has 1 heterocycles. The zero-order valence-corrected chi connectivity index (χ0v) is 12.1. The van der Waals surface area contributed by atoms with E-state index in [1.807, 2.05) is 61.8 Å². The fourth-order valence-electron chi connectivity index (χ4n) is 1.78. The van der Waals surface area contributed by atoms with Crippen molar-refractivity contribution >= 4 is 11.6 Å². The van der Waals surface area contributed by atoms with Crippen molar-refractivity contribution in [2.75, 3.05) is 7.11 Å². The lowest BCUT2D eigenvalue weighted by Crippen LogP contribution is -2.41. The number of hydrogen-bond acceptors (Lipinski definition) is 3. The molecule has 0 aliphatic carbocycles. The minimum Gasteiger partial charge on any atom is -0.497 e. The lowest BCUT2D eigenvalue weighted by atomic mass is 10.1. The number of amides is 1. The van der Waals surface area contributed by atoms with E-state index in [0.29, 0.717) is 0 Å². The normalized spacial score (nSPS) is 11.0. The fourth-order valence-corrected chi connectivity index (χ4v) is 1.78. The molecule has 2 aromatic rings. The van der Waals surface area contributed by atoms with E-state index in [9.17, 15) is 4.79 Å². The molecule has 0 aliphatic rings. The maximum absolute atomic E-state index is 11.8. The summed E-state index contributed by atoms with van der Waals surface area (Å²) in [5.74, 6) is 0.620. The molecule has 0 radical (unpaired) electrons. The summed E-state index contributed by atoms with van der Waals surface area (Å²) >= 11 is 0. The van der Waals surface area contributed by atoms with E-state index >= 15 is 0 Å². The van der Waals surface area contributed by atoms with Crippen LogP contribution in [-0.2, 0) is 11.3 Å². The predicted molar refractivity (Wildman–Crippen MR) is 80.0 cm³/mol. The van der Waals surface area contributed by atoms with Crippen LogP contribution in [0, 0.1) is 0 Å². The van der Waals surface area contributed by atoms with Gasteiger partial charge in [-0.25, -0.2) is 5.43 Å². The standard InChI is InChI=1S/C16H17N3O2/c1-13(14-6-8-15(21-2)9-7-14)17-18-16(20)12-19-10-4-3-5-11-19/h3-11H,12H2,1-2H3/p+1/b17-13-. The first kappa shape index (κ1) is 14.7. The highest BCUT2D eigenvalue weighted by Gasteiger charge is 2.07. The Morgan fingerprint density at radius 3 is 2.48 bits per heavy atom. The number of methoxy groups -OCH3 is 1. The van der Waals surface area contributed by atoms with Crippen LogP contribution in [0.5, 0.6) is 5.75 Å². The Morgan fingerprint density at radius 2 is 1.86 bits per heavy atom. The van der Waals surface area contributed by atoms with Gasteiger partial charge in [-0.2, -0.15) is 9.67 Å². The van der Waals surface area contributed by atoms with Gasteiger partial charge in [0.25, 0.3) is 0 Å². The van der Waals surface area contributed by atoms with Crippen LogP contribution in [0.15, 0.2) is 60.0 Å². The molecule has 5 nitrogen and oxygen atoms in total. The number of rotatable bonds is 5. The number of aromatic nitrogens is 1. The van der Waals surface area contributed by atoms with E-state index in [1.165, 1.54) is 0 Å². The molecule has 1 N–H and O–H groups in total. The molecule has 1 amide bonds. The molecule has 2 rings (SSSR count). The molecule has 108 valence electrons. The van der Waals surface area contributed by atoms with Crippen LogP contribution in [0.1, 0.15) is 12.5 Å². The van der Waals surface area contributed by atoms with Crippen LogP contribution in [0.25, 0.3) is 0 Å². The quantitative estimate of drug-likeness (QED) is 0.514. The molecule has 0 saturated heterocycles. The van der Waals surface area contributed by atoms with Crippen LogP contribution < -0.4 is 14.7 Å². The van der Waals surface area contributed by atoms with E-state index in [-0.39, 0.29) is 12.5 Å². The Labute approximate surface area is 123 Å². The first-order valence-corrected chi connectivity index (χ1v) is 6.60. The van der Waals surface area contributed by atoms with Gasteiger partial charge >= 0.3 is 5.91 Å². The largest absolute Gasteiger partial charge is 0.497 e. The van der Waals surface area contributed by atoms with Crippen molar-refractivity contribution in [1.29, 1.82) is 0 Å². The minimum absolute atomic E-state index is 0.168. The van der Waals surface area contributed by atoms with Crippen molar-refractivity contribution in [3.8, 4) is 5.75 Å². The second kappa shape index (κ2) is 7.19. The third kappa shape index (κ3) is 4.42. The summed E-state index contributed by atoms with van der Waals surface area (Å²) < 4.78 is 6.89. The van der Waals surface area contributed by atoms with Crippen LogP contribution in [-0.4, -0.2) is 18.7 Å². The van der Waals surface area contributed by atoms with E-state index < -0.39 is 0 Å². The highest BCUT2D eigenvalue weighted by molar-refractivity contribution is 5.99. The van der Waals surface area contributed by atoms with Crippen LogP contribution in [0.2, 0.25) is 0 Å². The zero-order valence-electron chi connectivity index (χ0n) is 12.1. The molecule has 0 aliphatic heterocycles. The van der Waals surface area contributed by atoms with Gasteiger partial charge in [0.05, 0.1) is 12.8 Å². The summed E-state index contributed by atoms with van der Waals surface area (Å²) in [4.78, 5) is 11.8. The van der Waals surface area contributed by atoms with Gasteiger partial charge in [-0.15, -0.1) is 0 Å². The lowest BCUT2D eigenvalue weighted by molar-refractivity contribution is -0.684. The van der Waals surface area contributed by atoms with E-state index in [0.717, 1.165) is 17.0 Å². The van der Waals surface area contributed by atoms with Crippen molar-refractivity contribution in [3.63, 3.8) is 0 Å². The Bertz CT molecular complexity index is 622. The van der Waals surface area contributed by atoms with Gasteiger partial charge in [-0.05, 0) is 36.8 Å². The van der Waals surface area contributed by atoms with Gasteiger partial charge in [-0.1, -0.05) is 6.07 Å². The van der Waals surface area contributed by atoms with Crippen LogP contribution in [0.4, 0.5) is 0 Å². The number of nitrogens with zero attached hydrogens (tertiary/aromatic N) is 2. The van der Waals surface area contributed by atoms with Gasteiger partial charge in [0.2, 0.25) is 6.54 Å². The van der Waals surface area contributed by atoms with E-state index in [2.05, 4.69) is 10.5 Å². The second-order valence-corrected chi connectivity index (χ2v) is 4.51. The predicted octanol–water partition coefficient (Wildman–Crippen LogP) is 1.52. The summed E-state index contributed by atoms with van der Waals surface area (Å²) in [6, 6.07) is 13.2. The fraction of sp³-hybridized carbons (Fsp3) is 0.188. The molecule has 0 unspecified atom stereocenters. The van der Waals surface area contributed by atoms with E-state index in [4.69, 9.17) is 4.74 Å². The number of nitrogens with one attached hydrogen (secondary N) is 1. The first-order chi connectivity index (χ1) is 10.2. The maximum atomic E-state index is 11.8. The molecular formula is C16H18N3O2+. The third-order valence-electron chi connectivity index (χ3n) is 2.96. The highest BCUT2D eigenvalue weighted by atomic mass is 16.5.